The van der Waals surface area contributed by atoms with Crippen LogP contribution in [0.1, 0.15) is 117 Å². The molecule has 0 aromatic heterocycles. The fourth-order valence-corrected chi connectivity index (χ4v) is 12.3. The van der Waals surface area contributed by atoms with E-state index >= 15 is 4.79 Å². The van der Waals surface area contributed by atoms with Crippen LogP contribution in [0.15, 0.2) is 18.2 Å². The van der Waals surface area contributed by atoms with Crippen LogP contribution in [-0.2, 0) is 82.4 Å². The van der Waals surface area contributed by atoms with E-state index in [1.165, 1.54) is 60.1 Å². The summed E-state index contributed by atoms with van der Waals surface area (Å²) in [6, 6.07) is 4.20. The van der Waals surface area contributed by atoms with Crippen LogP contribution >= 0.6 is 0 Å². The molecule has 2 aromatic carbocycles. The average molecular weight is 1200 g/mol. The van der Waals surface area contributed by atoms with Gasteiger partial charge in [0.2, 0.25) is 6.29 Å². The largest absolute Gasteiger partial charge is 0.507 e. The minimum Gasteiger partial charge on any atom is -0.507 e. The molecule has 0 radical (unpaired) electrons. The zero-order valence-electron chi connectivity index (χ0n) is 49.3. The van der Waals surface area contributed by atoms with Crippen LogP contribution in [0.3, 0.4) is 0 Å². The summed E-state index contributed by atoms with van der Waals surface area (Å²) in [4.78, 5) is 53.8. The van der Waals surface area contributed by atoms with Crippen molar-refractivity contribution < 1.29 is 126 Å². The lowest BCUT2D eigenvalue weighted by molar-refractivity contribution is -0.334. The summed E-state index contributed by atoms with van der Waals surface area (Å²) in [5.74, 6) is -5.78. The third-order valence-corrected chi connectivity index (χ3v) is 16.7. The molecule has 8 N–H and O–H groups in total. The quantitative estimate of drug-likeness (QED) is 0.0931. The van der Waals surface area contributed by atoms with E-state index < -0.39 is 194 Å². The fraction of sp³-hybridized carbons (Fsp3) is 0.759. The zero-order chi connectivity index (χ0) is 61.5. The molecule has 1 aliphatic carbocycles. The van der Waals surface area contributed by atoms with Gasteiger partial charge in [0.05, 0.1) is 71.8 Å². The average Bonchev–Trinajstić information content (AvgIpc) is 1.05. The van der Waals surface area contributed by atoms with Gasteiger partial charge in [-0.2, -0.15) is 0 Å². The van der Waals surface area contributed by atoms with E-state index in [1.807, 2.05) is 0 Å². The number of phenols is 2. The number of rotatable bonds is 19. The molecular formula is C58H84O26. The van der Waals surface area contributed by atoms with Crippen molar-refractivity contribution in [3.8, 4) is 17.2 Å². The Bertz CT molecular complexity index is 2620. The van der Waals surface area contributed by atoms with E-state index in [0.717, 1.165) is 0 Å². The molecular weight excluding hydrogens is 1110 g/mol. The maximum atomic E-state index is 15.1. The first kappa shape index (κ1) is 65.7. The number of aromatic hydroxyl groups is 2. The number of hydrogen-bond donors (Lipinski definition) is 8. The molecule has 5 aliphatic heterocycles. The highest BCUT2D eigenvalue weighted by molar-refractivity contribution is 6.11. The fourth-order valence-electron chi connectivity index (χ4n) is 12.3. The highest BCUT2D eigenvalue weighted by Crippen LogP contribution is 2.46. The predicted molar refractivity (Wildman–Crippen MR) is 287 cm³/mol. The zero-order valence-corrected chi connectivity index (χ0v) is 49.3. The van der Waals surface area contributed by atoms with Gasteiger partial charge in [0.15, 0.2) is 48.9 Å². The standard InChI is InChI=1S/C58H84O26/c1-22(2)57(69)84-56-28(8)77-43(21-58(56,10)70)81-37-18-41(73-24(4)48(37)65)80-36-19-42(74-25(5)47(36)64)83-55-33(54(72-12)51(68)46(63)23(3)59)15-31-13-30-14-32(16-34(61)44(30)49(66)45(31)50(55)67)79-40-20-38(53(27(7)76-40)78-29(9)60)82-39-17-35(62)52(71-11)26(6)75-39/h13-14,16,22-28,33,35-43,46-48,52-56,59,61-66,70H,15,17-21H2,1-12H3/t23-,24?,25?,26?,27?,28?,33?,35?,36?,37?,38?,39-,40-,41+,42+,43+,46+,47-,48-,52+,53+,54?,55?,56+,58?/m1/s1. The van der Waals surface area contributed by atoms with Crippen LogP contribution in [0.5, 0.6) is 17.2 Å². The monoisotopic (exact) mass is 1200 g/mol. The Morgan fingerprint density at radius 1 is 0.690 bits per heavy atom. The molecule has 5 saturated heterocycles. The van der Waals surface area contributed by atoms with Crippen LogP contribution < -0.4 is 4.74 Å². The van der Waals surface area contributed by atoms with Crippen molar-refractivity contribution in [3.63, 3.8) is 0 Å². The second-order valence-corrected chi connectivity index (χ2v) is 23.7. The number of aliphatic hydroxyl groups excluding tert-OH is 5. The third-order valence-electron chi connectivity index (χ3n) is 16.7. The lowest BCUT2D eigenvalue weighted by Gasteiger charge is -2.47. The number of hydrogen-bond acceptors (Lipinski definition) is 26. The normalized spacial score (nSPS) is 39.5. The van der Waals surface area contributed by atoms with Crippen LogP contribution in [0.2, 0.25) is 0 Å². The number of phenolic OH excluding ortho intramolecular Hbond substituents is 2. The van der Waals surface area contributed by atoms with Crippen LogP contribution in [0.25, 0.3) is 10.8 Å². The van der Waals surface area contributed by atoms with E-state index in [4.69, 9.17) is 66.3 Å². The highest BCUT2D eigenvalue weighted by Gasteiger charge is 2.53. The molecule has 5 heterocycles. The first-order valence-electron chi connectivity index (χ1n) is 28.7. The number of fused-ring (bicyclic) bond motifs is 2. The first-order valence-corrected chi connectivity index (χ1v) is 28.7. The van der Waals surface area contributed by atoms with Crippen molar-refractivity contribution in [1.29, 1.82) is 0 Å². The predicted octanol–water partition coefficient (Wildman–Crippen LogP) is 1.87. The van der Waals surface area contributed by atoms with Gasteiger partial charge in [0, 0.05) is 65.2 Å². The maximum Gasteiger partial charge on any atom is 0.308 e. The van der Waals surface area contributed by atoms with E-state index in [2.05, 4.69) is 0 Å². The lowest BCUT2D eigenvalue weighted by atomic mass is 9.75. The number of ketones is 2. The van der Waals surface area contributed by atoms with Crippen molar-refractivity contribution in [1.82, 2.24) is 0 Å². The SMILES string of the molecule is COC(C(=O)[C@@H](O)[C@@H](C)O)C1Cc2cc3cc(O[C@@H]4CC(O[C@@H]5CC(O)[C@@H](OC)C(C)O5)[C@@H](OC(C)=O)C(C)O4)cc(O)c3c(O)c2C(=O)C1O[C@H]1CC(O[C@H]2CC(O[C@H]3CC(C)(O)[C@@H](OC(=O)C(C)C)C(C)O3)[C@H](O)C(C)O2)[C@H](O)C(C)O1. The molecule has 13 unspecified atom stereocenters. The number of esters is 2. The molecule has 0 saturated carbocycles. The molecule has 472 valence electrons. The van der Waals surface area contributed by atoms with Crippen LogP contribution in [0.4, 0.5) is 0 Å². The van der Waals surface area contributed by atoms with Crippen LogP contribution in [-0.4, -0.2) is 225 Å². The van der Waals surface area contributed by atoms with Gasteiger partial charge in [-0.05, 0) is 78.0 Å². The topological polar surface area (TPSA) is 359 Å². The van der Waals surface area contributed by atoms with Gasteiger partial charge in [-0.3, -0.25) is 19.2 Å². The molecule has 84 heavy (non-hydrogen) atoms. The Morgan fingerprint density at radius 2 is 1.24 bits per heavy atom. The molecule has 26 heteroatoms. The van der Waals surface area contributed by atoms with Crippen molar-refractivity contribution >= 4 is 34.3 Å². The molecule has 25 atom stereocenters. The minimum atomic E-state index is -1.96. The summed E-state index contributed by atoms with van der Waals surface area (Å²) >= 11 is 0. The van der Waals surface area contributed by atoms with E-state index in [9.17, 15) is 55.2 Å². The van der Waals surface area contributed by atoms with E-state index in [1.54, 1.807) is 41.5 Å². The van der Waals surface area contributed by atoms with Gasteiger partial charge in [0.1, 0.15) is 65.6 Å². The third kappa shape index (κ3) is 14.3. The molecule has 6 aliphatic rings. The van der Waals surface area contributed by atoms with Crippen molar-refractivity contribution in [3.05, 3.63) is 29.3 Å². The molecule has 26 nitrogen and oxygen atoms in total. The smallest absolute Gasteiger partial charge is 0.308 e. The van der Waals surface area contributed by atoms with Crippen molar-refractivity contribution in [2.24, 2.45) is 11.8 Å². The summed E-state index contributed by atoms with van der Waals surface area (Å²) in [5, 5.41) is 89.9. The second-order valence-electron chi connectivity index (χ2n) is 23.7. The maximum absolute atomic E-state index is 15.1. The van der Waals surface area contributed by atoms with E-state index in [-0.39, 0.29) is 66.2 Å². The molecule has 8 rings (SSSR count). The molecule has 0 bridgehead atoms. The first-order chi connectivity index (χ1) is 39.5. The minimum absolute atomic E-state index is 0.0249. The summed E-state index contributed by atoms with van der Waals surface area (Å²) < 4.78 is 84.3. The summed E-state index contributed by atoms with van der Waals surface area (Å²) in [5.41, 5.74) is -1.66. The Hall–Kier alpha value is -4.30. The Kier molecular flexibility index (Phi) is 21.1. The number of aliphatic hydroxyl groups is 6. The van der Waals surface area contributed by atoms with Gasteiger partial charge >= 0.3 is 11.9 Å². The second kappa shape index (κ2) is 27.0. The van der Waals surface area contributed by atoms with E-state index in [0.29, 0.717) is 0 Å². The number of Topliss-reactive ketones (excluding diaryl/α,β-unsaturated/α-hetero) is 2. The summed E-state index contributed by atoms with van der Waals surface area (Å²) in [7, 11) is 2.64. The van der Waals surface area contributed by atoms with Gasteiger partial charge in [-0.1, -0.05) is 13.8 Å². The molecule has 0 amide bonds. The lowest BCUT2D eigenvalue weighted by Crippen LogP contribution is -2.59. The highest BCUT2D eigenvalue weighted by atomic mass is 16.7. The van der Waals surface area contributed by atoms with Gasteiger partial charge in [-0.15, -0.1) is 0 Å². The summed E-state index contributed by atoms with van der Waals surface area (Å²) in [6.45, 7) is 15.4. The number of benzene rings is 2. The van der Waals surface area contributed by atoms with Crippen molar-refractivity contribution in [2.45, 2.75) is 255 Å². The number of methoxy groups -OCH3 is 2. The Labute approximate surface area is 486 Å². The Morgan fingerprint density at radius 3 is 1.81 bits per heavy atom. The molecule has 2 aromatic rings. The number of ether oxygens (including phenoxy) is 14. The molecule has 5 fully saturated rings. The van der Waals surface area contributed by atoms with Crippen LogP contribution in [0, 0.1) is 11.8 Å². The molecule has 0 spiro atoms. The number of carbonyl (C=O) groups is 4. The van der Waals surface area contributed by atoms with Gasteiger partial charge < -0.3 is 107 Å². The summed E-state index contributed by atoms with van der Waals surface area (Å²) in [6.07, 6.45) is -25.9. The number of carbonyl (C=O) groups excluding carboxylic acids is 4. The van der Waals surface area contributed by atoms with Crippen molar-refractivity contribution in [2.75, 3.05) is 14.2 Å². The van der Waals surface area contributed by atoms with Gasteiger partial charge in [0.25, 0.3) is 0 Å². The van der Waals surface area contributed by atoms with Gasteiger partial charge in [-0.25, -0.2) is 0 Å². The Balaban J connectivity index is 1.02.